The molecule has 2 aromatic carbocycles. The largest absolute Gasteiger partial charge is 0.457 e. The van der Waals surface area contributed by atoms with Gasteiger partial charge < -0.3 is 43.0 Å². The van der Waals surface area contributed by atoms with Crippen LogP contribution in [-0.2, 0) is 46.9 Å². The number of hydrogen-bond acceptors (Lipinski definition) is 13. The normalized spacial score (nSPS) is 34.2. The number of rotatable bonds is 8. The molecule has 16 heteroatoms. The van der Waals surface area contributed by atoms with Gasteiger partial charge in [-0.2, -0.15) is 0 Å². The lowest BCUT2D eigenvalue weighted by Gasteiger charge is -2.68. The summed E-state index contributed by atoms with van der Waals surface area (Å²) >= 11 is 0. The lowest BCUT2D eigenvalue weighted by Crippen LogP contribution is -2.82. The standard InChI is InChI=1S/C49H67NO13Si2/c1-28-33(58-42(53)29(2)37(31-20-16-14-17-21-31)50-44(55)61-45(4,5)6)25-49(56)41(59-43(54)32-22-18-15-19-23-32)39-47(9)34(24-35-48(39,26-57-35)60-30(3)51)62-64(10,11)27-65(12,13)63-38(40(47)52)36(28)46(49,7)8/h14-23,29,33-35,37-39,41,56H,24-27H2,1-13H3,(H,50,55)/t29-,33+,34+,35-,37-,38-,39?,41+,47-,48+,49-/m1/s1. The van der Waals surface area contributed by atoms with E-state index in [2.05, 4.69) is 31.5 Å². The molecule has 1 amide bonds. The highest BCUT2D eigenvalue weighted by Crippen LogP contribution is 2.65. The van der Waals surface area contributed by atoms with Gasteiger partial charge in [-0.3, -0.25) is 14.4 Å². The first kappa shape index (κ1) is 48.7. The van der Waals surface area contributed by atoms with Crippen LogP contribution in [0.4, 0.5) is 4.79 Å². The Labute approximate surface area is 384 Å². The molecule has 0 radical (unpaired) electrons. The number of nitrogens with one attached hydrogen (secondary N) is 1. The molecule has 14 nitrogen and oxygen atoms in total. The molecule has 0 aromatic heterocycles. The third-order valence-corrected chi connectivity index (χ3v) is 23.2. The minimum Gasteiger partial charge on any atom is -0.457 e. The van der Waals surface area contributed by atoms with Crippen molar-refractivity contribution in [2.75, 3.05) is 6.61 Å². The van der Waals surface area contributed by atoms with E-state index < -0.39 is 117 Å². The number of amides is 1. The van der Waals surface area contributed by atoms with Crippen molar-refractivity contribution in [1.82, 2.24) is 5.32 Å². The summed E-state index contributed by atoms with van der Waals surface area (Å²) < 4.78 is 45.9. The van der Waals surface area contributed by atoms with Crippen molar-refractivity contribution in [3.05, 3.63) is 82.9 Å². The molecule has 354 valence electrons. The maximum absolute atomic E-state index is 16.3. The topological polar surface area (TPSA) is 182 Å². The summed E-state index contributed by atoms with van der Waals surface area (Å²) in [5, 5.41) is 17.0. The van der Waals surface area contributed by atoms with Crippen LogP contribution in [0, 0.1) is 22.7 Å². The molecule has 11 atom stereocenters. The fourth-order valence-corrected chi connectivity index (χ4v) is 22.6. The molecule has 1 unspecified atom stereocenters. The van der Waals surface area contributed by atoms with E-state index in [0.717, 1.165) is 0 Å². The second-order valence-electron chi connectivity index (χ2n) is 21.8. The number of ether oxygens (including phenoxy) is 5. The Balaban J connectivity index is 1.44. The summed E-state index contributed by atoms with van der Waals surface area (Å²) in [5.74, 6) is -4.72. The van der Waals surface area contributed by atoms with Crippen LogP contribution in [0.15, 0.2) is 71.8 Å². The highest BCUT2D eigenvalue weighted by atomic mass is 28.4. The number of aliphatic hydroxyl groups is 1. The number of benzene rings is 2. The third-order valence-electron chi connectivity index (χ3n) is 14.6. The number of carbonyl (C=O) groups excluding carboxylic acids is 5. The van der Waals surface area contributed by atoms with Gasteiger partial charge in [0.25, 0.3) is 0 Å². The number of hydrogen-bond donors (Lipinski definition) is 2. The SMILES string of the molecule is CC(=O)O[C@@]12CO[C@@H]1C[C@@H]1O[Si](C)(C)C[Si](C)(C)O[C@H]3C(=O)[C@@]1(C)C2[C@H](OC(=O)c1ccccc1)[C@]1(O)C[C@H](OC(=O)[C@H](C)[C@@H](NC(=O)OC(C)(C)C)c2ccccc2)C(C)=C3C1(C)C. The van der Waals surface area contributed by atoms with Crippen LogP contribution in [0.3, 0.4) is 0 Å². The summed E-state index contributed by atoms with van der Waals surface area (Å²) in [6.45, 7) is 23.5. The van der Waals surface area contributed by atoms with Crippen molar-refractivity contribution in [3.63, 3.8) is 0 Å². The summed E-state index contributed by atoms with van der Waals surface area (Å²) in [4.78, 5) is 72.2. The second kappa shape index (κ2) is 16.8. The highest BCUT2D eigenvalue weighted by Gasteiger charge is 2.79. The van der Waals surface area contributed by atoms with Crippen molar-refractivity contribution in [2.45, 2.75) is 160 Å². The van der Waals surface area contributed by atoms with Crippen molar-refractivity contribution in [1.29, 1.82) is 0 Å². The fourth-order valence-electron chi connectivity index (χ4n) is 11.8. The Morgan fingerprint density at radius 3 is 2.06 bits per heavy atom. The van der Waals surface area contributed by atoms with Crippen LogP contribution in [0.2, 0.25) is 31.9 Å². The molecule has 2 saturated carbocycles. The minimum atomic E-state index is -2.82. The Hall–Kier alpha value is -4.20. The summed E-state index contributed by atoms with van der Waals surface area (Å²) in [6, 6.07) is 16.5. The predicted molar refractivity (Wildman–Crippen MR) is 244 cm³/mol. The first-order valence-corrected chi connectivity index (χ1v) is 29.0. The molecule has 2 aromatic rings. The van der Waals surface area contributed by atoms with Gasteiger partial charge in [-0.15, -0.1) is 0 Å². The van der Waals surface area contributed by atoms with Gasteiger partial charge in [0, 0.05) is 25.2 Å². The molecule has 5 aliphatic rings. The van der Waals surface area contributed by atoms with Crippen LogP contribution in [-0.4, -0.2) is 105 Å². The quantitative estimate of drug-likeness (QED) is 0.115. The van der Waals surface area contributed by atoms with Crippen molar-refractivity contribution in [2.24, 2.45) is 22.7 Å². The maximum atomic E-state index is 16.3. The monoisotopic (exact) mass is 933 g/mol. The molecule has 2 aliphatic heterocycles. The molecule has 2 heterocycles. The smallest absolute Gasteiger partial charge is 0.408 e. The zero-order valence-electron chi connectivity index (χ0n) is 40.1. The first-order valence-electron chi connectivity index (χ1n) is 22.7. The van der Waals surface area contributed by atoms with Crippen molar-refractivity contribution >= 4 is 46.4 Å². The molecular formula is C49H67NO13Si2. The fraction of sp³-hybridized carbons (Fsp3) is 0.612. The lowest BCUT2D eigenvalue weighted by atomic mass is 9.44. The molecular weight excluding hydrogens is 867 g/mol. The van der Waals surface area contributed by atoms with Gasteiger partial charge in [-0.1, -0.05) is 62.4 Å². The lowest BCUT2D eigenvalue weighted by molar-refractivity contribution is -0.344. The van der Waals surface area contributed by atoms with Crippen molar-refractivity contribution < 1.29 is 61.6 Å². The van der Waals surface area contributed by atoms with E-state index in [0.29, 0.717) is 22.4 Å². The second-order valence-corrected chi connectivity index (χ2v) is 30.7. The number of Topliss-reactive ketones (excluding diaryl/α,β-unsaturated/α-hetero) is 1. The zero-order chi connectivity index (χ0) is 47.9. The predicted octanol–water partition coefficient (Wildman–Crippen LogP) is 7.55. The summed E-state index contributed by atoms with van der Waals surface area (Å²) in [5.41, 5.74) is -5.13. The zero-order valence-corrected chi connectivity index (χ0v) is 42.1. The van der Waals surface area contributed by atoms with Crippen LogP contribution in [0.25, 0.3) is 0 Å². The van der Waals surface area contributed by atoms with Gasteiger partial charge in [0.2, 0.25) is 0 Å². The summed E-state index contributed by atoms with van der Waals surface area (Å²) in [6.07, 6.45) is -6.43. The van der Waals surface area contributed by atoms with E-state index in [1.165, 1.54) is 6.92 Å². The van der Waals surface area contributed by atoms with Crippen LogP contribution in [0.5, 0.6) is 0 Å². The van der Waals surface area contributed by atoms with Gasteiger partial charge >= 0.3 is 24.0 Å². The van der Waals surface area contributed by atoms with Gasteiger partial charge in [-0.05, 0) is 102 Å². The molecule has 4 fully saturated rings. The van der Waals surface area contributed by atoms with E-state index in [9.17, 15) is 24.3 Å². The van der Waals surface area contributed by atoms with E-state index in [4.69, 9.17) is 32.5 Å². The van der Waals surface area contributed by atoms with E-state index >= 15 is 4.79 Å². The molecule has 0 spiro atoms. The Morgan fingerprint density at radius 1 is 0.892 bits per heavy atom. The molecule has 7 rings (SSSR count). The van der Waals surface area contributed by atoms with Gasteiger partial charge in [0.05, 0.1) is 41.6 Å². The molecule has 2 saturated heterocycles. The first-order chi connectivity index (χ1) is 30.1. The van der Waals surface area contributed by atoms with Crippen LogP contribution in [0.1, 0.15) is 97.1 Å². The Kier molecular flexibility index (Phi) is 12.6. The third kappa shape index (κ3) is 8.67. The average molecular weight is 934 g/mol. The van der Waals surface area contributed by atoms with E-state index in [-0.39, 0.29) is 30.8 Å². The van der Waals surface area contributed by atoms with Gasteiger partial charge in [-0.25, -0.2) is 9.59 Å². The number of fused-ring (bicyclic) bond motifs is 6. The minimum absolute atomic E-state index is 0.136. The number of ketones is 1. The molecule has 2 N–H and O–H groups in total. The number of alkyl carbamates (subject to hydrolysis) is 1. The van der Waals surface area contributed by atoms with Crippen molar-refractivity contribution in [3.8, 4) is 0 Å². The Bertz CT molecular complexity index is 2240. The maximum Gasteiger partial charge on any atom is 0.408 e. The number of carbonyl (C=O) groups is 5. The highest BCUT2D eigenvalue weighted by molar-refractivity contribution is 6.89. The molecule has 3 aliphatic carbocycles. The van der Waals surface area contributed by atoms with Crippen LogP contribution < -0.4 is 5.32 Å². The van der Waals surface area contributed by atoms with Gasteiger partial charge in [0.1, 0.15) is 35.6 Å². The Morgan fingerprint density at radius 2 is 1.49 bits per heavy atom. The van der Waals surface area contributed by atoms with E-state index in [1.807, 2.05) is 6.07 Å². The molecule has 65 heavy (non-hydrogen) atoms. The van der Waals surface area contributed by atoms with E-state index in [1.54, 1.807) is 110 Å². The van der Waals surface area contributed by atoms with Gasteiger partial charge in [0.15, 0.2) is 28.0 Å². The average Bonchev–Trinajstić information content (AvgIpc) is 3.21. The number of esters is 3. The molecule has 4 bridgehead atoms. The van der Waals surface area contributed by atoms with Crippen LogP contribution >= 0.6 is 0 Å². The summed E-state index contributed by atoms with van der Waals surface area (Å²) in [7, 11) is -5.49.